The molecular formula is C22H23N3O3. The predicted octanol–water partition coefficient (Wildman–Crippen LogP) is 3.26. The molecule has 1 fully saturated rings. The van der Waals surface area contributed by atoms with Gasteiger partial charge in [0, 0.05) is 43.7 Å². The maximum Gasteiger partial charge on any atom is 0.252 e. The molecule has 1 saturated heterocycles. The summed E-state index contributed by atoms with van der Waals surface area (Å²) in [4.78, 5) is 21.0. The lowest BCUT2D eigenvalue weighted by molar-refractivity contribution is -0.0390. The van der Waals surface area contributed by atoms with Crippen LogP contribution in [-0.4, -0.2) is 35.2 Å². The quantitative estimate of drug-likeness (QED) is 0.714. The average molecular weight is 377 g/mol. The van der Waals surface area contributed by atoms with E-state index in [0.717, 1.165) is 48.1 Å². The van der Waals surface area contributed by atoms with Gasteiger partial charge in [0.05, 0.1) is 23.8 Å². The van der Waals surface area contributed by atoms with Crippen molar-refractivity contribution in [3.63, 3.8) is 0 Å². The lowest BCUT2D eigenvalue weighted by Crippen LogP contribution is -2.24. The Kier molecular flexibility index (Phi) is 5.89. The Morgan fingerprint density at radius 1 is 1.14 bits per heavy atom. The van der Waals surface area contributed by atoms with Crippen molar-refractivity contribution in [1.82, 2.24) is 15.3 Å². The van der Waals surface area contributed by atoms with Gasteiger partial charge in [-0.05, 0) is 36.1 Å². The fourth-order valence-corrected chi connectivity index (χ4v) is 3.35. The summed E-state index contributed by atoms with van der Waals surface area (Å²) in [5, 5.41) is 3.74. The molecule has 4 rings (SSSR count). The molecular weight excluding hydrogens is 354 g/mol. The van der Waals surface area contributed by atoms with Gasteiger partial charge < -0.3 is 14.8 Å². The molecule has 1 aliphatic heterocycles. The average Bonchev–Trinajstić information content (AvgIpc) is 2.77. The first-order valence-corrected chi connectivity index (χ1v) is 9.54. The number of pyridine rings is 2. The number of aromatic nitrogens is 2. The van der Waals surface area contributed by atoms with Crippen molar-refractivity contribution >= 4 is 16.8 Å². The molecule has 0 atom stereocenters. The summed E-state index contributed by atoms with van der Waals surface area (Å²) in [6.07, 6.45) is 7.16. The smallest absolute Gasteiger partial charge is 0.252 e. The van der Waals surface area contributed by atoms with Gasteiger partial charge in [-0.25, -0.2) is 0 Å². The molecule has 1 aromatic carbocycles. The number of amides is 1. The second-order valence-electron chi connectivity index (χ2n) is 6.88. The Labute approximate surface area is 163 Å². The van der Waals surface area contributed by atoms with Crippen LogP contribution >= 0.6 is 0 Å². The minimum absolute atomic E-state index is 0.135. The fraction of sp³-hybridized carbons (Fsp3) is 0.318. The van der Waals surface area contributed by atoms with E-state index >= 15 is 0 Å². The second kappa shape index (κ2) is 8.91. The highest BCUT2D eigenvalue weighted by atomic mass is 16.5. The Bertz CT molecular complexity index is 949. The number of ether oxygens (including phenoxy) is 2. The van der Waals surface area contributed by atoms with Crippen LogP contribution in [0.4, 0.5) is 0 Å². The number of rotatable bonds is 6. The number of benzene rings is 1. The van der Waals surface area contributed by atoms with E-state index in [-0.39, 0.29) is 12.0 Å². The Morgan fingerprint density at radius 2 is 2.00 bits per heavy atom. The van der Waals surface area contributed by atoms with Gasteiger partial charge in [-0.15, -0.1) is 0 Å². The molecule has 144 valence electrons. The highest BCUT2D eigenvalue weighted by Crippen LogP contribution is 2.16. The van der Waals surface area contributed by atoms with Gasteiger partial charge in [0.25, 0.3) is 5.91 Å². The van der Waals surface area contributed by atoms with Crippen molar-refractivity contribution in [2.45, 2.75) is 32.1 Å². The van der Waals surface area contributed by atoms with E-state index in [1.54, 1.807) is 30.7 Å². The van der Waals surface area contributed by atoms with Crippen molar-refractivity contribution in [3.05, 3.63) is 71.7 Å². The standard InChI is InChI=1S/C22H23N3O3/c26-22(19-4-9-24-21-5-8-23-14-20(19)21)25-13-16-2-1-3-17(12-16)15-28-18-6-10-27-11-7-18/h1-5,8-9,12,14,18H,6-7,10-11,13,15H2,(H,25,26). The lowest BCUT2D eigenvalue weighted by Gasteiger charge is -2.22. The summed E-state index contributed by atoms with van der Waals surface area (Å²) < 4.78 is 11.3. The van der Waals surface area contributed by atoms with Crippen LogP contribution in [0.5, 0.6) is 0 Å². The summed E-state index contributed by atoms with van der Waals surface area (Å²) in [5.41, 5.74) is 3.49. The molecule has 0 aliphatic carbocycles. The normalized spacial score (nSPS) is 14.9. The van der Waals surface area contributed by atoms with Crippen LogP contribution in [0.2, 0.25) is 0 Å². The van der Waals surface area contributed by atoms with E-state index in [0.29, 0.717) is 18.7 Å². The Morgan fingerprint density at radius 3 is 2.89 bits per heavy atom. The summed E-state index contributed by atoms with van der Waals surface area (Å²) >= 11 is 0. The zero-order valence-electron chi connectivity index (χ0n) is 15.6. The van der Waals surface area contributed by atoms with Crippen molar-refractivity contribution in [3.8, 4) is 0 Å². The largest absolute Gasteiger partial charge is 0.381 e. The fourth-order valence-electron chi connectivity index (χ4n) is 3.35. The first-order chi connectivity index (χ1) is 13.8. The van der Waals surface area contributed by atoms with Crippen LogP contribution in [0.3, 0.4) is 0 Å². The van der Waals surface area contributed by atoms with Gasteiger partial charge in [0.15, 0.2) is 0 Å². The number of nitrogens with zero attached hydrogens (tertiary/aromatic N) is 2. The molecule has 1 aliphatic rings. The van der Waals surface area contributed by atoms with E-state index in [1.807, 2.05) is 18.2 Å². The predicted molar refractivity (Wildman–Crippen MR) is 106 cm³/mol. The molecule has 3 aromatic rings. The van der Waals surface area contributed by atoms with Crippen LogP contribution in [0.15, 0.2) is 55.0 Å². The number of hydrogen-bond donors (Lipinski definition) is 1. The second-order valence-corrected chi connectivity index (χ2v) is 6.88. The molecule has 6 nitrogen and oxygen atoms in total. The number of nitrogens with one attached hydrogen (secondary N) is 1. The topological polar surface area (TPSA) is 73.3 Å². The SMILES string of the molecule is O=C(NCc1cccc(COC2CCOCC2)c1)c1ccnc2ccncc12. The first kappa shape index (κ1) is 18.5. The lowest BCUT2D eigenvalue weighted by atomic mass is 10.1. The van der Waals surface area contributed by atoms with Crippen LogP contribution in [0.1, 0.15) is 34.3 Å². The van der Waals surface area contributed by atoms with Crippen LogP contribution in [0.25, 0.3) is 10.9 Å². The van der Waals surface area contributed by atoms with E-state index in [9.17, 15) is 4.79 Å². The molecule has 28 heavy (non-hydrogen) atoms. The van der Waals surface area contributed by atoms with E-state index in [4.69, 9.17) is 9.47 Å². The van der Waals surface area contributed by atoms with Gasteiger partial charge in [-0.2, -0.15) is 0 Å². The van der Waals surface area contributed by atoms with Gasteiger partial charge in [0.1, 0.15) is 0 Å². The van der Waals surface area contributed by atoms with Crippen molar-refractivity contribution in [2.75, 3.05) is 13.2 Å². The third kappa shape index (κ3) is 4.52. The van der Waals surface area contributed by atoms with Gasteiger partial charge in [-0.3, -0.25) is 14.8 Å². The monoisotopic (exact) mass is 377 g/mol. The number of carbonyl (C=O) groups excluding carboxylic acids is 1. The highest BCUT2D eigenvalue weighted by Gasteiger charge is 2.14. The summed E-state index contributed by atoms with van der Waals surface area (Å²) in [7, 11) is 0. The molecule has 0 saturated carbocycles. The Balaban J connectivity index is 1.37. The van der Waals surface area contributed by atoms with E-state index in [2.05, 4.69) is 21.4 Å². The van der Waals surface area contributed by atoms with Crippen molar-refractivity contribution < 1.29 is 14.3 Å². The van der Waals surface area contributed by atoms with Gasteiger partial charge in [-0.1, -0.05) is 24.3 Å². The molecule has 0 unspecified atom stereocenters. The Hall–Kier alpha value is -2.83. The molecule has 1 N–H and O–H groups in total. The van der Waals surface area contributed by atoms with E-state index < -0.39 is 0 Å². The zero-order chi connectivity index (χ0) is 19.2. The summed E-state index contributed by atoms with van der Waals surface area (Å²) in [5.74, 6) is -0.135. The highest BCUT2D eigenvalue weighted by molar-refractivity contribution is 6.05. The number of fused-ring (bicyclic) bond motifs is 1. The van der Waals surface area contributed by atoms with E-state index in [1.165, 1.54) is 0 Å². The molecule has 1 amide bonds. The molecule has 3 heterocycles. The van der Waals surface area contributed by atoms with Gasteiger partial charge >= 0.3 is 0 Å². The third-order valence-corrected chi connectivity index (χ3v) is 4.89. The maximum atomic E-state index is 12.6. The number of carbonyl (C=O) groups is 1. The molecule has 2 aromatic heterocycles. The first-order valence-electron chi connectivity index (χ1n) is 9.54. The van der Waals surface area contributed by atoms with Crippen LogP contribution in [0, 0.1) is 0 Å². The molecule has 6 heteroatoms. The van der Waals surface area contributed by atoms with Crippen LogP contribution in [-0.2, 0) is 22.6 Å². The minimum Gasteiger partial charge on any atom is -0.381 e. The third-order valence-electron chi connectivity index (χ3n) is 4.89. The zero-order valence-corrected chi connectivity index (χ0v) is 15.6. The van der Waals surface area contributed by atoms with Crippen LogP contribution < -0.4 is 5.32 Å². The molecule has 0 radical (unpaired) electrons. The summed E-state index contributed by atoms with van der Waals surface area (Å²) in [6.45, 7) is 2.58. The molecule has 0 bridgehead atoms. The van der Waals surface area contributed by atoms with Gasteiger partial charge in [0.2, 0.25) is 0 Å². The van der Waals surface area contributed by atoms with Crippen molar-refractivity contribution in [1.29, 1.82) is 0 Å². The maximum absolute atomic E-state index is 12.6. The number of hydrogen-bond acceptors (Lipinski definition) is 5. The molecule has 0 spiro atoms. The minimum atomic E-state index is -0.135. The summed E-state index contributed by atoms with van der Waals surface area (Å²) in [6, 6.07) is 11.6. The van der Waals surface area contributed by atoms with Crippen molar-refractivity contribution in [2.24, 2.45) is 0 Å².